The molecule has 2 aliphatic rings. The molecule has 4 heteroatoms. The van der Waals surface area contributed by atoms with Crippen molar-refractivity contribution < 1.29 is 9.63 Å². The number of nitrogens with zero attached hydrogens (tertiary/aromatic N) is 2. The number of carbonyl (C=O) groups excluding carboxylic acids is 1. The largest absolute Gasteiger partial charge is 0.390 e. The van der Waals surface area contributed by atoms with Gasteiger partial charge in [-0.05, 0) is 18.4 Å². The molecular weight excluding hydrogens is 288 g/mol. The second-order valence-electron chi connectivity index (χ2n) is 6.35. The van der Waals surface area contributed by atoms with Crippen LogP contribution in [0, 0.1) is 5.92 Å². The molecule has 1 atom stereocenters. The molecule has 0 radical (unpaired) electrons. The van der Waals surface area contributed by atoms with Crippen molar-refractivity contribution in [3.05, 3.63) is 48.6 Å². The quantitative estimate of drug-likeness (QED) is 0.756. The van der Waals surface area contributed by atoms with E-state index in [0.29, 0.717) is 13.1 Å². The molecule has 1 fully saturated rings. The van der Waals surface area contributed by atoms with E-state index < -0.39 is 0 Å². The van der Waals surface area contributed by atoms with Crippen LogP contribution in [-0.4, -0.2) is 35.7 Å². The molecule has 122 valence electrons. The lowest BCUT2D eigenvalue weighted by Crippen LogP contribution is -2.40. The average Bonchev–Trinajstić information content (AvgIpc) is 3.26. The van der Waals surface area contributed by atoms with Gasteiger partial charge < -0.3 is 9.74 Å². The monoisotopic (exact) mass is 312 g/mol. The maximum absolute atomic E-state index is 12.7. The summed E-state index contributed by atoms with van der Waals surface area (Å²) in [4.78, 5) is 20.1. The van der Waals surface area contributed by atoms with Crippen LogP contribution in [0.4, 0.5) is 0 Å². The number of benzene rings is 1. The van der Waals surface area contributed by atoms with Crippen LogP contribution < -0.4 is 0 Å². The molecule has 23 heavy (non-hydrogen) atoms. The number of hydrogen-bond acceptors (Lipinski definition) is 3. The molecule has 1 aromatic rings. The third-order valence-corrected chi connectivity index (χ3v) is 4.63. The van der Waals surface area contributed by atoms with Crippen molar-refractivity contribution in [1.29, 1.82) is 0 Å². The van der Waals surface area contributed by atoms with Gasteiger partial charge >= 0.3 is 0 Å². The summed E-state index contributed by atoms with van der Waals surface area (Å²) in [5, 5.41) is 4.21. The Balaban J connectivity index is 1.59. The summed E-state index contributed by atoms with van der Waals surface area (Å²) < 4.78 is 0. The van der Waals surface area contributed by atoms with E-state index in [2.05, 4.69) is 11.7 Å². The van der Waals surface area contributed by atoms with Gasteiger partial charge in [-0.1, -0.05) is 54.4 Å². The van der Waals surface area contributed by atoms with Gasteiger partial charge in [-0.15, -0.1) is 6.58 Å². The van der Waals surface area contributed by atoms with E-state index in [-0.39, 0.29) is 17.9 Å². The second-order valence-corrected chi connectivity index (χ2v) is 6.35. The van der Waals surface area contributed by atoms with Crippen molar-refractivity contribution in [3.8, 4) is 0 Å². The van der Waals surface area contributed by atoms with Crippen molar-refractivity contribution >= 4 is 11.6 Å². The van der Waals surface area contributed by atoms with Crippen LogP contribution in [0.3, 0.4) is 0 Å². The van der Waals surface area contributed by atoms with Crippen LogP contribution in [0.15, 0.2) is 48.1 Å². The number of amides is 1. The van der Waals surface area contributed by atoms with Crippen molar-refractivity contribution in [2.24, 2.45) is 11.1 Å². The fourth-order valence-electron chi connectivity index (χ4n) is 3.41. The Bertz CT molecular complexity index is 576. The molecule has 1 saturated carbocycles. The first-order valence-corrected chi connectivity index (χ1v) is 8.45. The maximum Gasteiger partial charge on any atom is 0.226 e. The minimum atomic E-state index is -0.0597. The molecule has 0 spiro atoms. The Labute approximate surface area is 137 Å². The highest BCUT2D eigenvalue weighted by Crippen LogP contribution is 2.27. The Morgan fingerprint density at radius 2 is 2.04 bits per heavy atom. The van der Waals surface area contributed by atoms with Crippen LogP contribution in [0.1, 0.15) is 37.7 Å². The summed E-state index contributed by atoms with van der Waals surface area (Å²) in [6.45, 7) is 4.95. The van der Waals surface area contributed by atoms with E-state index in [1.54, 1.807) is 6.08 Å². The van der Waals surface area contributed by atoms with Crippen LogP contribution in [0.25, 0.3) is 0 Å². The van der Waals surface area contributed by atoms with Crippen molar-refractivity contribution in [2.45, 2.75) is 38.2 Å². The van der Waals surface area contributed by atoms with Gasteiger partial charge in [-0.3, -0.25) is 4.79 Å². The van der Waals surface area contributed by atoms with E-state index in [9.17, 15) is 4.79 Å². The molecule has 1 aromatic carbocycles. The van der Waals surface area contributed by atoms with Gasteiger partial charge in [0.05, 0.1) is 12.3 Å². The first kappa shape index (κ1) is 15.8. The van der Waals surface area contributed by atoms with Gasteiger partial charge in [-0.25, -0.2) is 0 Å². The van der Waals surface area contributed by atoms with Crippen molar-refractivity contribution in [2.75, 3.05) is 13.1 Å². The normalized spacial score (nSPS) is 20.9. The summed E-state index contributed by atoms with van der Waals surface area (Å²) in [5.74, 6) is 0.435. The molecular formula is C19H24N2O2. The zero-order chi connectivity index (χ0) is 16.1. The lowest BCUT2D eigenvalue weighted by molar-refractivity contribution is -0.136. The van der Waals surface area contributed by atoms with Gasteiger partial charge in [0.1, 0.15) is 0 Å². The van der Waals surface area contributed by atoms with Gasteiger partial charge in [-0.2, -0.15) is 0 Å². The van der Waals surface area contributed by atoms with Crippen LogP contribution in [0.5, 0.6) is 0 Å². The molecule has 0 N–H and O–H groups in total. The first-order chi connectivity index (χ1) is 11.3. The Morgan fingerprint density at radius 1 is 1.30 bits per heavy atom. The van der Waals surface area contributed by atoms with Crippen molar-refractivity contribution in [1.82, 2.24) is 4.90 Å². The summed E-state index contributed by atoms with van der Waals surface area (Å²) in [5.41, 5.74) is 2.05. The molecule has 1 aliphatic heterocycles. The Kier molecular flexibility index (Phi) is 5.11. The van der Waals surface area contributed by atoms with Gasteiger partial charge in [0.15, 0.2) is 6.10 Å². The van der Waals surface area contributed by atoms with E-state index in [4.69, 9.17) is 4.84 Å². The van der Waals surface area contributed by atoms with E-state index >= 15 is 0 Å². The highest BCUT2D eigenvalue weighted by molar-refractivity contribution is 6.01. The second kappa shape index (κ2) is 7.44. The molecule has 1 unspecified atom stereocenters. The minimum absolute atomic E-state index is 0.0597. The van der Waals surface area contributed by atoms with Gasteiger partial charge in [0.2, 0.25) is 5.91 Å². The fraction of sp³-hybridized carbons (Fsp3) is 0.474. The third kappa shape index (κ3) is 3.81. The Morgan fingerprint density at radius 3 is 2.74 bits per heavy atom. The zero-order valence-corrected chi connectivity index (χ0v) is 13.5. The molecule has 3 rings (SSSR count). The summed E-state index contributed by atoms with van der Waals surface area (Å²) in [6, 6.07) is 10.1. The third-order valence-electron chi connectivity index (χ3n) is 4.63. The number of rotatable bonds is 6. The SMILES string of the molecule is C=CCN(CC1CC(c2ccccc2)=NO1)C(=O)C1CCCC1. The number of oxime groups is 1. The number of hydrogen-bond donors (Lipinski definition) is 0. The number of carbonyl (C=O) groups is 1. The van der Waals surface area contributed by atoms with Crippen LogP contribution in [0.2, 0.25) is 0 Å². The Hall–Kier alpha value is -2.10. The molecule has 0 bridgehead atoms. The summed E-state index contributed by atoms with van der Waals surface area (Å²) in [7, 11) is 0. The highest BCUT2D eigenvalue weighted by atomic mass is 16.6. The zero-order valence-electron chi connectivity index (χ0n) is 13.5. The van der Waals surface area contributed by atoms with Crippen LogP contribution >= 0.6 is 0 Å². The lowest BCUT2D eigenvalue weighted by Gasteiger charge is -2.26. The topological polar surface area (TPSA) is 41.9 Å². The predicted molar refractivity (Wildman–Crippen MR) is 91.2 cm³/mol. The van der Waals surface area contributed by atoms with E-state index in [1.165, 1.54) is 12.8 Å². The molecule has 4 nitrogen and oxygen atoms in total. The average molecular weight is 312 g/mol. The van der Waals surface area contributed by atoms with Crippen molar-refractivity contribution in [3.63, 3.8) is 0 Å². The molecule has 0 aromatic heterocycles. The predicted octanol–water partition coefficient (Wildman–Crippen LogP) is 3.38. The summed E-state index contributed by atoms with van der Waals surface area (Å²) in [6.07, 6.45) is 6.85. The summed E-state index contributed by atoms with van der Waals surface area (Å²) >= 11 is 0. The molecule has 0 saturated heterocycles. The molecule has 1 amide bonds. The fourth-order valence-corrected chi connectivity index (χ4v) is 3.41. The van der Waals surface area contributed by atoms with E-state index in [0.717, 1.165) is 30.5 Å². The maximum atomic E-state index is 12.7. The van der Waals surface area contributed by atoms with E-state index in [1.807, 2.05) is 35.2 Å². The minimum Gasteiger partial charge on any atom is -0.390 e. The first-order valence-electron chi connectivity index (χ1n) is 8.45. The highest BCUT2D eigenvalue weighted by Gasteiger charge is 2.30. The molecule has 1 aliphatic carbocycles. The van der Waals surface area contributed by atoms with Gasteiger partial charge in [0, 0.05) is 18.9 Å². The van der Waals surface area contributed by atoms with Crippen LogP contribution in [-0.2, 0) is 9.63 Å². The molecule has 1 heterocycles. The van der Waals surface area contributed by atoms with Gasteiger partial charge in [0.25, 0.3) is 0 Å². The smallest absolute Gasteiger partial charge is 0.226 e. The standard InChI is InChI=1S/C19H24N2O2/c1-2-12-21(19(22)16-10-6-7-11-16)14-17-13-18(20-23-17)15-8-4-3-5-9-15/h2-5,8-9,16-17H,1,6-7,10-14H2. The lowest BCUT2D eigenvalue weighted by atomic mass is 10.0.